The van der Waals surface area contributed by atoms with Crippen LogP contribution < -0.4 is 4.72 Å². The maximum atomic E-state index is 12.6. The number of halogens is 1. The van der Waals surface area contributed by atoms with Gasteiger partial charge in [0.05, 0.1) is 4.90 Å². The van der Waals surface area contributed by atoms with Crippen molar-refractivity contribution < 1.29 is 8.42 Å². The van der Waals surface area contributed by atoms with Crippen LogP contribution in [0.15, 0.2) is 57.9 Å². The van der Waals surface area contributed by atoms with Crippen molar-refractivity contribution in [2.75, 3.05) is 0 Å². The van der Waals surface area contributed by atoms with Crippen LogP contribution in [0.1, 0.15) is 31.4 Å². The van der Waals surface area contributed by atoms with E-state index in [1.807, 2.05) is 38.1 Å². The molecule has 0 aliphatic carbocycles. The van der Waals surface area contributed by atoms with Crippen molar-refractivity contribution in [3.8, 4) is 0 Å². The van der Waals surface area contributed by atoms with Crippen molar-refractivity contribution in [1.29, 1.82) is 0 Å². The number of sulfonamides is 1. The lowest BCUT2D eigenvalue weighted by molar-refractivity contribution is 0.546. The largest absolute Gasteiger partial charge is 0.241 e. The molecule has 23 heavy (non-hydrogen) atoms. The van der Waals surface area contributed by atoms with E-state index in [4.69, 9.17) is 0 Å². The standard InChI is InChI=1S/C18H22BrNO2S/c1-3-16-13-17(19)11-12-18(16)23(21,22)20-14(2)9-10-15-7-5-4-6-8-15/h4-8,11-14,20H,3,9-10H2,1-2H3. The molecule has 2 aromatic carbocycles. The zero-order valence-electron chi connectivity index (χ0n) is 13.4. The third-order valence-electron chi connectivity index (χ3n) is 3.76. The van der Waals surface area contributed by atoms with Crippen molar-refractivity contribution in [2.24, 2.45) is 0 Å². The van der Waals surface area contributed by atoms with Gasteiger partial charge in [-0.2, -0.15) is 0 Å². The van der Waals surface area contributed by atoms with Crippen LogP contribution in [0.3, 0.4) is 0 Å². The van der Waals surface area contributed by atoms with Crippen molar-refractivity contribution in [2.45, 2.75) is 44.0 Å². The van der Waals surface area contributed by atoms with Gasteiger partial charge in [0, 0.05) is 10.5 Å². The normalized spacial score (nSPS) is 13.0. The van der Waals surface area contributed by atoms with E-state index < -0.39 is 10.0 Å². The summed E-state index contributed by atoms with van der Waals surface area (Å²) in [4.78, 5) is 0.370. The molecule has 0 aromatic heterocycles. The summed E-state index contributed by atoms with van der Waals surface area (Å²) in [7, 11) is -3.49. The molecule has 1 atom stereocenters. The number of rotatable bonds is 7. The Hall–Kier alpha value is -1.17. The minimum atomic E-state index is -3.49. The summed E-state index contributed by atoms with van der Waals surface area (Å²) in [5, 5.41) is 0. The molecular weight excluding hydrogens is 374 g/mol. The summed E-state index contributed by atoms with van der Waals surface area (Å²) >= 11 is 3.39. The molecule has 5 heteroatoms. The maximum absolute atomic E-state index is 12.6. The number of aryl methyl sites for hydroxylation is 2. The first-order valence-corrected chi connectivity index (χ1v) is 10.0. The summed E-state index contributed by atoms with van der Waals surface area (Å²) in [5.74, 6) is 0. The van der Waals surface area contributed by atoms with E-state index in [1.165, 1.54) is 5.56 Å². The summed E-state index contributed by atoms with van der Waals surface area (Å²) < 4.78 is 28.9. The number of hydrogen-bond donors (Lipinski definition) is 1. The predicted octanol–water partition coefficient (Wildman–Crippen LogP) is 4.31. The van der Waals surface area contributed by atoms with Gasteiger partial charge in [-0.3, -0.25) is 0 Å². The van der Waals surface area contributed by atoms with Crippen LogP contribution in [0, 0.1) is 0 Å². The van der Waals surface area contributed by atoms with E-state index in [0.717, 1.165) is 22.9 Å². The van der Waals surface area contributed by atoms with Crippen molar-refractivity contribution >= 4 is 26.0 Å². The highest BCUT2D eigenvalue weighted by Crippen LogP contribution is 2.22. The third kappa shape index (κ3) is 5.16. The predicted molar refractivity (Wildman–Crippen MR) is 98.1 cm³/mol. The van der Waals surface area contributed by atoms with Gasteiger partial charge >= 0.3 is 0 Å². The molecule has 2 aromatic rings. The Kier molecular flexibility index (Phi) is 6.39. The molecule has 0 heterocycles. The topological polar surface area (TPSA) is 46.2 Å². The van der Waals surface area contributed by atoms with E-state index in [1.54, 1.807) is 12.1 Å². The van der Waals surface area contributed by atoms with E-state index in [0.29, 0.717) is 11.3 Å². The van der Waals surface area contributed by atoms with Gasteiger partial charge in [-0.05, 0) is 55.5 Å². The Morgan fingerprint density at radius 3 is 2.48 bits per heavy atom. The Morgan fingerprint density at radius 2 is 1.83 bits per heavy atom. The van der Waals surface area contributed by atoms with Gasteiger partial charge < -0.3 is 0 Å². The fourth-order valence-corrected chi connectivity index (χ4v) is 4.48. The fourth-order valence-electron chi connectivity index (χ4n) is 2.50. The highest BCUT2D eigenvalue weighted by Gasteiger charge is 2.20. The van der Waals surface area contributed by atoms with E-state index in [-0.39, 0.29) is 6.04 Å². The van der Waals surface area contributed by atoms with Gasteiger partial charge in [0.2, 0.25) is 10.0 Å². The Labute approximate surface area is 147 Å². The first kappa shape index (κ1) is 18.2. The average Bonchev–Trinajstić information content (AvgIpc) is 2.53. The molecule has 0 aliphatic heterocycles. The molecule has 1 N–H and O–H groups in total. The van der Waals surface area contributed by atoms with E-state index >= 15 is 0 Å². The Bertz CT molecular complexity index is 745. The van der Waals surface area contributed by atoms with Crippen LogP contribution in [0.5, 0.6) is 0 Å². The van der Waals surface area contributed by atoms with Crippen molar-refractivity contribution in [1.82, 2.24) is 4.72 Å². The summed E-state index contributed by atoms with van der Waals surface area (Å²) in [6.45, 7) is 3.87. The average molecular weight is 396 g/mol. The van der Waals surface area contributed by atoms with Crippen LogP contribution in [-0.2, 0) is 22.9 Å². The van der Waals surface area contributed by atoms with E-state index in [2.05, 4.69) is 32.8 Å². The molecule has 1 unspecified atom stereocenters. The molecule has 3 nitrogen and oxygen atoms in total. The zero-order chi connectivity index (χ0) is 16.9. The molecular formula is C18H22BrNO2S. The molecule has 0 aliphatic rings. The summed E-state index contributed by atoms with van der Waals surface area (Å²) in [6, 6.07) is 15.3. The van der Waals surface area contributed by atoms with Gasteiger partial charge in [0.1, 0.15) is 0 Å². The SMILES string of the molecule is CCc1cc(Br)ccc1S(=O)(=O)NC(C)CCc1ccccc1. The molecule has 0 saturated heterocycles. The van der Waals surface area contributed by atoms with Crippen LogP contribution in [-0.4, -0.2) is 14.5 Å². The van der Waals surface area contributed by atoms with Gasteiger partial charge in [-0.15, -0.1) is 0 Å². The van der Waals surface area contributed by atoms with Crippen LogP contribution in [0.4, 0.5) is 0 Å². The third-order valence-corrected chi connectivity index (χ3v) is 5.94. The Morgan fingerprint density at radius 1 is 1.13 bits per heavy atom. The first-order chi connectivity index (χ1) is 10.9. The van der Waals surface area contributed by atoms with Gasteiger partial charge in [0.25, 0.3) is 0 Å². The van der Waals surface area contributed by atoms with Crippen molar-refractivity contribution in [3.63, 3.8) is 0 Å². The van der Waals surface area contributed by atoms with Crippen LogP contribution >= 0.6 is 15.9 Å². The molecule has 0 amide bonds. The first-order valence-electron chi connectivity index (χ1n) is 7.77. The van der Waals surface area contributed by atoms with Gasteiger partial charge in [-0.1, -0.05) is 53.2 Å². The second-order valence-corrected chi connectivity index (χ2v) is 8.25. The lowest BCUT2D eigenvalue weighted by Gasteiger charge is -2.16. The van der Waals surface area contributed by atoms with Crippen LogP contribution in [0.25, 0.3) is 0 Å². The molecule has 0 fully saturated rings. The zero-order valence-corrected chi connectivity index (χ0v) is 15.8. The lowest BCUT2D eigenvalue weighted by atomic mass is 10.1. The number of hydrogen-bond acceptors (Lipinski definition) is 2. The molecule has 2 rings (SSSR count). The van der Waals surface area contributed by atoms with E-state index in [9.17, 15) is 8.42 Å². The molecule has 0 saturated carbocycles. The summed E-state index contributed by atoms with van der Waals surface area (Å²) in [6.07, 6.45) is 2.29. The molecule has 0 spiro atoms. The molecule has 0 bridgehead atoms. The maximum Gasteiger partial charge on any atom is 0.241 e. The van der Waals surface area contributed by atoms with Crippen molar-refractivity contribution in [3.05, 3.63) is 64.1 Å². The fraction of sp³-hybridized carbons (Fsp3) is 0.333. The van der Waals surface area contributed by atoms with Gasteiger partial charge in [0.15, 0.2) is 0 Å². The second kappa shape index (κ2) is 8.08. The van der Waals surface area contributed by atoms with Crippen LogP contribution in [0.2, 0.25) is 0 Å². The molecule has 0 radical (unpaired) electrons. The highest BCUT2D eigenvalue weighted by molar-refractivity contribution is 9.10. The lowest BCUT2D eigenvalue weighted by Crippen LogP contribution is -2.33. The summed E-state index contributed by atoms with van der Waals surface area (Å²) in [5.41, 5.74) is 2.04. The van der Waals surface area contributed by atoms with Gasteiger partial charge in [-0.25, -0.2) is 13.1 Å². The smallest absolute Gasteiger partial charge is 0.208 e. The minimum Gasteiger partial charge on any atom is -0.208 e. The highest BCUT2D eigenvalue weighted by atomic mass is 79.9. The minimum absolute atomic E-state index is 0.117. The quantitative estimate of drug-likeness (QED) is 0.758. The second-order valence-electron chi connectivity index (χ2n) is 5.65. The molecule has 124 valence electrons. The monoisotopic (exact) mass is 395 g/mol. The number of nitrogens with one attached hydrogen (secondary N) is 1. The Balaban J connectivity index is 2.06. The number of benzene rings is 2.